The summed E-state index contributed by atoms with van der Waals surface area (Å²) >= 11 is 0. The van der Waals surface area contributed by atoms with Crippen LogP contribution >= 0.6 is 0 Å². The molecule has 1 aromatic carbocycles. The number of carbonyl (C=O) groups is 2. The van der Waals surface area contributed by atoms with E-state index in [0.29, 0.717) is 18.8 Å². The molecule has 2 aliphatic heterocycles. The van der Waals surface area contributed by atoms with Crippen LogP contribution in [0, 0.1) is 5.92 Å². The maximum Gasteiger partial charge on any atom is 0.339 e. The van der Waals surface area contributed by atoms with Gasteiger partial charge in [0.1, 0.15) is 11.3 Å². The minimum absolute atomic E-state index is 0.0475. The monoisotopic (exact) mass is 308 g/mol. The summed E-state index contributed by atoms with van der Waals surface area (Å²) in [5.74, 6) is -1.94. The fraction of sp³-hybridized carbons (Fsp3) is 0.467. The summed E-state index contributed by atoms with van der Waals surface area (Å²) in [6.07, 6.45) is 0.148. The van der Waals surface area contributed by atoms with Gasteiger partial charge in [-0.3, -0.25) is 4.79 Å². The van der Waals surface area contributed by atoms with Crippen molar-refractivity contribution in [3.05, 3.63) is 23.8 Å². The fourth-order valence-corrected chi connectivity index (χ4v) is 3.18. The van der Waals surface area contributed by atoms with Crippen molar-refractivity contribution < 1.29 is 23.8 Å². The van der Waals surface area contributed by atoms with Gasteiger partial charge in [0.25, 0.3) is 5.91 Å². The molecule has 0 bridgehead atoms. The Morgan fingerprint density at radius 1 is 1.55 bits per heavy atom. The molecule has 7 heteroatoms. The van der Waals surface area contributed by atoms with Gasteiger partial charge in [-0.1, -0.05) is 0 Å². The average molecular weight is 308 g/mol. The van der Waals surface area contributed by atoms with E-state index in [2.05, 4.69) is 5.32 Å². The largest absolute Gasteiger partial charge is 0.496 e. The molecular weight excluding hydrogens is 291 g/mol. The van der Waals surface area contributed by atoms with E-state index in [0.717, 1.165) is 0 Å². The van der Waals surface area contributed by atoms with E-state index in [1.165, 1.54) is 24.1 Å². The van der Waals surface area contributed by atoms with Crippen LogP contribution in [0.25, 0.3) is 0 Å². The van der Waals surface area contributed by atoms with Crippen LogP contribution in [0.15, 0.2) is 18.2 Å². The summed E-state index contributed by atoms with van der Waals surface area (Å²) < 4.78 is 19.9. The molecule has 22 heavy (non-hydrogen) atoms. The molecule has 0 radical (unpaired) electrons. The summed E-state index contributed by atoms with van der Waals surface area (Å²) in [6, 6.07) is 4.42. The first-order chi connectivity index (χ1) is 10.5. The topological polar surface area (TPSA) is 78.9 Å². The number of hydrogen-bond acceptors (Lipinski definition) is 4. The first-order valence-corrected chi connectivity index (χ1v) is 7.10. The van der Waals surface area contributed by atoms with Crippen molar-refractivity contribution in [3.8, 4) is 5.75 Å². The van der Waals surface area contributed by atoms with Crippen molar-refractivity contribution >= 4 is 17.6 Å². The molecule has 2 atom stereocenters. The Kier molecular flexibility index (Phi) is 3.52. The fourth-order valence-electron chi connectivity index (χ4n) is 3.18. The van der Waals surface area contributed by atoms with Crippen LogP contribution in [0.1, 0.15) is 16.8 Å². The Balaban J connectivity index is 1.96. The summed E-state index contributed by atoms with van der Waals surface area (Å²) in [6.45, 7) is 1.16. The number of nitrogens with one attached hydrogen (secondary N) is 1. The van der Waals surface area contributed by atoms with E-state index in [4.69, 9.17) is 4.74 Å². The van der Waals surface area contributed by atoms with Crippen molar-refractivity contribution in [3.63, 3.8) is 0 Å². The van der Waals surface area contributed by atoms with Gasteiger partial charge in [0, 0.05) is 31.1 Å². The minimum atomic E-state index is -1.85. The van der Waals surface area contributed by atoms with Gasteiger partial charge >= 0.3 is 5.97 Å². The van der Waals surface area contributed by atoms with Crippen LogP contribution in [-0.2, 0) is 4.79 Å². The van der Waals surface area contributed by atoms with Gasteiger partial charge in [0.2, 0.25) is 0 Å². The highest BCUT2D eigenvalue weighted by molar-refractivity contribution is 6.03. The van der Waals surface area contributed by atoms with Gasteiger partial charge in [-0.05, 0) is 24.7 Å². The highest BCUT2D eigenvalue weighted by atomic mass is 19.1. The Labute approximate surface area is 126 Å². The van der Waals surface area contributed by atoms with Crippen molar-refractivity contribution in [2.45, 2.75) is 12.1 Å². The van der Waals surface area contributed by atoms with Gasteiger partial charge in [-0.25, -0.2) is 9.18 Å². The highest BCUT2D eigenvalue weighted by Gasteiger charge is 2.56. The third kappa shape index (κ3) is 2.12. The Bertz CT molecular complexity index is 636. The van der Waals surface area contributed by atoms with Crippen LogP contribution in [-0.4, -0.2) is 49.4 Å². The first-order valence-electron chi connectivity index (χ1n) is 7.10. The number of nitrogens with zero attached hydrogens (tertiary/aromatic N) is 1. The van der Waals surface area contributed by atoms with Gasteiger partial charge in [0.05, 0.1) is 7.11 Å². The molecule has 0 aliphatic carbocycles. The summed E-state index contributed by atoms with van der Waals surface area (Å²) in [4.78, 5) is 25.1. The third-order valence-corrected chi connectivity index (χ3v) is 4.43. The number of methoxy groups -OCH3 is 1. The molecule has 0 saturated carbocycles. The summed E-state index contributed by atoms with van der Waals surface area (Å²) in [7, 11) is 1.37. The molecule has 2 unspecified atom stereocenters. The molecule has 2 heterocycles. The lowest BCUT2D eigenvalue weighted by Gasteiger charge is -2.29. The van der Waals surface area contributed by atoms with Crippen molar-refractivity contribution in [2.75, 3.05) is 31.6 Å². The van der Waals surface area contributed by atoms with Crippen molar-refractivity contribution in [2.24, 2.45) is 5.92 Å². The number of piperidine rings is 1. The van der Waals surface area contributed by atoms with Crippen LogP contribution in [0.5, 0.6) is 5.75 Å². The molecule has 2 fully saturated rings. The number of carboxylic acid groups (broad SMARTS) is 1. The molecule has 118 valence electrons. The Morgan fingerprint density at radius 2 is 2.32 bits per heavy atom. The number of fused-ring (bicyclic) bond motifs is 1. The van der Waals surface area contributed by atoms with E-state index >= 15 is 0 Å². The van der Waals surface area contributed by atoms with Gasteiger partial charge in [-0.15, -0.1) is 0 Å². The van der Waals surface area contributed by atoms with Crippen LogP contribution < -0.4 is 15.0 Å². The number of ether oxygens (including phenoxy) is 1. The maximum absolute atomic E-state index is 14.9. The second-order valence-electron chi connectivity index (χ2n) is 5.62. The van der Waals surface area contributed by atoms with Gasteiger partial charge < -0.3 is 20.1 Å². The lowest BCUT2D eigenvalue weighted by molar-refractivity contribution is -0.130. The molecule has 0 spiro atoms. The number of carbonyl (C=O) groups excluding carboxylic acids is 1. The van der Waals surface area contributed by atoms with E-state index < -0.39 is 23.5 Å². The second-order valence-corrected chi connectivity index (χ2v) is 5.62. The van der Waals surface area contributed by atoms with E-state index in [9.17, 15) is 19.1 Å². The number of alkyl halides is 1. The molecular formula is C15H17FN2O4. The van der Waals surface area contributed by atoms with E-state index in [-0.39, 0.29) is 24.3 Å². The van der Waals surface area contributed by atoms with Crippen LogP contribution in [0.3, 0.4) is 0 Å². The lowest BCUT2D eigenvalue weighted by atomic mass is 9.86. The summed E-state index contributed by atoms with van der Waals surface area (Å²) in [5, 5.41) is 12.3. The standard InChI is InChI=1S/C15H17FN2O4/c1-22-12-3-2-10(6-11(12)13(19)20)18-8-9-7-17-5-4-15(9,16)14(18)21/h2-3,6,9,17H,4-5,7-8H2,1H3,(H,19,20). The average Bonchev–Trinajstić information content (AvgIpc) is 2.79. The predicted octanol–water partition coefficient (Wildman–Crippen LogP) is 1.06. The zero-order valence-corrected chi connectivity index (χ0v) is 12.1. The number of benzene rings is 1. The molecule has 6 nitrogen and oxygen atoms in total. The number of aromatic carboxylic acids is 1. The number of hydrogen-bond donors (Lipinski definition) is 2. The molecule has 0 aromatic heterocycles. The normalized spacial score (nSPS) is 27.6. The molecule has 1 aromatic rings. The number of amides is 1. The molecule has 1 amide bonds. The van der Waals surface area contributed by atoms with E-state index in [1.807, 2.05) is 0 Å². The quantitative estimate of drug-likeness (QED) is 0.873. The molecule has 2 aliphatic rings. The molecule has 3 rings (SSSR count). The lowest BCUT2D eigenvalue weighted by Crippen LogP contribution is -2.49. The Morgan fingerprint density at radius 3 is 2.95 bits per heavy atom. The molecule has 2 saturated heterocycles. The zero-order valence-electron chi connectivity index (χ0n) is 12.1. The maximum atomic E-state index is 14.9. The number of anilines is 1. The SMILES string of the molecule is COc1ccc(N2CC3CNCCC3(F)C2=O)cc1C(=O)O. The second kappa shape index (κ2) is 5.24. The number of carboxylic acids is 1. The first kappa shape index (κ1) is 14.8. The summed E-state index contributed by atoms with van der Waals surface area (Å²) in [5.41, 5.74) is -1.52. The van der Waals surface area contributed by atoms with E-state index in [1.54, 1.807) is 6.07 Å². The third-order valence-electron chi connectivity index (χ3n) is 4.43. The highest BCUT2D eigenvalue weighted by Crippen LogP contribution is 2.40. The number of rotatable bonds is 3. The van der Waals surface area contributed by atoms with Crippen LogP contribution in [0.4, 0.5) is 10.1 Å². The smallest absolute Gasteiger partial charge is 0.339 e. The van der Waals surface area contributed by atoms with Crippen LogP contribution in [0.2, 0.25) is 0 Å². The van der Waals surface area contributed by atoms with Crippen molar-refractivity contribution in [1.29, 1.82) is 0 Å². The molecule has 2 N–H and O–H groups in total. The Hall–Kier alpha value is -2.15. The predicted molar refractivity (Wildman–Crippen MR) is 77.1 cm³/mol. The zero-order chi connectivity index (χ0) is 15.9. The number of halogens is 1. The van der Waals surface area contributed by atoms with Gasteiger partial charge in [-0.2, -0.15) is 0 Å². The van der Waals surface area contributed by atoms with Crippen molar-refractivity contribution in [1.82, 2.24) is 5.32 Å². The minimum Gasteiger partial charge on any atom is -0.496 e. The van der Waals surface area contributed by atoms with Gasteiger partial charge in [0.15, 0.2) is 5.67 Å².